The van der Waals surface area contributed by atoms with Crippen LogP contribution in [0.15, 0.2) is 17.6 Å². The summed E-state index contributed by atoms with van der Waals surface area (Å²) >= 11 is 0. The van der Waals surface area contributed by atoms with Crippen LogP contribution in [-0.4, -0.2) is 43.2 Å². The number of rotatable bonds is 5. The van der Waals surface area contributed by atoms with Gasteiger partial charge in [0.15, 0.2) is 0 Å². The van der Waals surface area contributed by atoms with Crippen molar-refractivity contribution in [2.24, 2.45) is 0 Å². The van der Waals surface area contributed by atoms with E-state index in [1.54, 1.807) is 0 Å². The summed E-state index contributed by atoms with van der Waals surface area (Å²) in [5.74, 6) is -1.59. The molecule has 1 heterocycles. The van der Waals surface area contributed by atoms with Gasteiger partial charge in [-0.3, -0.25) is 10.1 Å². The smallest absolute Gasteiger partial charge is 0.258 e. The lowest BCUT2D eigenvalue weighted by molar-refractivity contribution is -0.385. The van der Waals surface area contributed by atoms with Gasteiger partial charge in [0.05, 0.1) is 16.4 Å². The number of hydrogen-bond donors (Lipinski definition) is 0. The van der Waals surface area contributed by atoms with Crippen LogP contribution in [0, 0.1) is 10.1 Å². The first-order valence-electron chi connectivity index (χ1n) is 4.23. The molecule has 1 aromatic heterocycles. The van der Waals surface area contributed by atoms with Crippen LogP contribution in [0.3, 0.4) is 0 Å². The molecule has 0 spiro atoms. The molecule has 0 aromatic carbocycles. The third-order valence-electron chi connectivity index (χ3n) is 1.70. The first kappa shape index (κ1) is 14.7. The van der Waals surface area contributed by atoms with Gasteiger partial charge in [-0.1, -0.05) is 0 Å². The molecule has 0 aliphatic carbocycles. The number of nitrogens with zero attached hydrogens (tertiary/aromatic N) is 3. The SMILES string of the molecule is O=[N+]([O-])c1cnc(S(=O)(=O)CCS(=O)(=O)Cl)nc1. The minimum absolute atomic E-state index is 0.473. The topological polar surface area (TPSA) is 137 Å². The molecule has 9 nitrogen and oxygen atoms in total. The predicted molar refractivity (Wildman–Crippen MR) is 60.4 cm³/mol. The zero-order valence-corrected chi connectivity index (χ0v) is 10.9. The molecule has 18 heavy (non-hydrogen) atoms. The van der Waals surface area contributed by atoms with E-state index in [2.05, 4.69) is 9.97 Å². The van der Waals surface area contributed by atoms with Gasteiger partial charge in [-0.25, -0.2) is 26.8 Å². The normalized spacial score (nSPS) is 12.3. The Bertz CT molecular complexity index is 653. The summed E-state index contributed by atoms with van der Waals surface area (Å²) in [5.41, 5.74) is -0.473. The summed E-state index contributed by atoms with van der Waals surface area (Å²) in [6.45, 7) is 0. The molecule has 0 bridgehead atoms. The fraction of sp³-hybridized carbons (Fsp3) is 0.333. The quantitative estimate of drug-likeness (QED) is 0.313. The Balaban J connectivity index is 2.96. The molecule has 1 aromatic rings. The second kappa shape index (κ2) is 5.12. The molecule has 1 rings (SSSR count). The second-order valence-electron chi connectivity index (χ2n) is 3.04. The Morgan fingerprint density at radius 3 is 2.06 bits per heavy atom. The minimum Gasteiger partial charge on any atom is -0.258 e. The molecule has 12 heteroatoms. The highest BCUT2D eigenvalue weighted by Gasteiger charge is 2.22. The van der Waals surface area contributed by atoms with Crippen LogP contribution in [0.1, 0.15) is 0 Å². The van der Waals surface area contributed by atoms with Crippen molar-refractivity contribution in [3.63, 3.8) is 0 Å². The fourth-order valence-electron chi connectivity index (χ4n) is 0.865. The Labute approximate surface area is 106 Å². The lowest BCUT2D eigenvalue weighted by Crippen LogP contribution is -2.16. The summed E-state index contributed by atoms with van der Waals surface area (Å²) in [7, 11) is -3.13. The van der Waals surface area contributed by atoms with Gasteiger partial charge in [0.25, 0.3) is 0 Å². The Kier molecular flexibility index (Phi) is 4.19. The number of sulfone groups is 1. The van der Waals surface area contributed by atoms with E-state index in [4.69, 9.17) is 10.7 Å². The monoisotopic (exact) mass is 315 g/mol. The highest BCUT2D eigenvalue weighted by Crippen LogP contribution is 2.11. The van der Waals surface area contributed by atoms with Crippen molar-refractivity contribution >= 4 is 35.3 Å². The number of halogens is 1. The zero-order chi connectivity index (χ0) is 14.0. The van der Waals surface area contributed by atoms with Crippen LogP contribution >= 0.6 is 10.7 Å². The van der Waals surface area contributed by atoms with Crippen molar-refractivity contribution in [1.82, 2.24) is 9.97 Å². The van der Waals surface area contributed by atoms with E-state index >= 15 is 0 Å². The predicted octanol–water partition coefficient (Wildman–Crippen LogP) is -0.273. The van der Waals surface area contributed by atoms with Crippen molar-refractivity contribution in [3.05, 3.63) is 22.5 Å². The molecule has 0 saturated carbocycles. The Morgan fingerprint density at radius 2 is 1.67 bits per heavy atom. The first-order chi connectivity index (χ1) is 8.12. The molecule has 0 amide bonds. The minimum atomic E-state index is -4.04. The molecule has 0 fully saturated rings. The van der Waals surface area contributed by atoms with E-state index in [9.17, 15) is 26.9 Å². The van der Waals surface area contributed by atoms with E-state index < -0.39 is 46.2 Å². The number of aromatic nitrogens is 2. The third-order valence-corrected chi connectivity index (χ3v) is 4.62. The summed E-state index contributed by atoms with van der Waals surface area (Å²) in [6.07, 6.45) is 1.43. The summed E-state index contributed by atoms with van der Waals surface area (Å²) in [5, 5.41) is 9.61. The van der Waals surface area contributed by atoms with E-state index in [-0.39, 0.29) is 0 Å². The van der Waals surface area contributed by atoms with Crippen molar-refractivity contribution in [1.29, 1.82) is 0 Å². The standard InChI is InChI=1S/C6H6ClN3O6S2/c7-18(15,16)2-1-17(13,14)6-8-3-5(4-9-6)10(11)12/h3-4H,1-2H2. The van der Waals surface area contributed by atoms with Gasteiger partial charge >= 0.3 is 5.69 Å². The summed E-state index contributed by atoms with van der Waals surface area (Å²) in [4.78, 5) is 16.1. The number of nitro groups is 1. The summed E-state index contributed by atoms with van der Waals surface area (Å²) in [6, 6.07) is 0. The van der Waals surface area contributed by atoms with E-state index in [1.807, 2.05) is 0 Å². The highest BCUT2D eigenvalue weighted by molar-refractivity contribution is 8.14. The maximum Gasteiger partial charge on any atom is 0.305 e. The van der Waals surface area contributed by atoms with Crippen molar-refractivity contribution < 1.29 is 21.8 Å². The van der Waals surface area contributed by atoms with Crippen molar-refractivity contribution in [3.8, 4) is 0 Å². The molecular weight excluding hydrogens is 310 g/mol. The number of hydrogen-bond acceptors (Lipinski definition) is 8. The average molecular weight is 316 g/mol. The molecule has 0 radical (unpaired) electrons. The Morgan fingerprint density at radius 1 is 1.17 bits per heavy atom. The summed E-state index contributed by atoms with van der Waals surface area (Å²) < 4.78 is 44.3. The highest BCUT2D eigenvalue weighted by atomic mass is 35.7. The molecule has 0 atom stereocenters. The maximum absolute atomic E-state index is 11.5. The van der Waals surface area contributed by atoms with Crippen LogP contribution < -0.4 is 0 Å². The maximum atomic E-state index is 11.5. The second-order valence-corrected chi connectivity index (χ2v) is 7.94. The van der Waals surface area contributed by atoms with Crippen LogP contribution in [0.5, 0.6) is 0 Å². The van der Waals surface area contributed by atoms with Gasteiger partial charge in [0.2, 0.25) is 24.0 Å². The molecular formula is C6H6ClN3O6S2. The van der Waals surface area contributed by atoms with Gasteiger partial charge in [-0.05, 0) is 0 Å². The average Bonchev–Trinajstić information content (AvgIpc) is 2.26. The van der Waals surface area contributed by atoms with E-state index in [0.717, 1.165) is 12.4 Å². The Hall–Kier alpha value is -1.33. The van der Waals surface area contributed by atoms with Crippen LogP contribution in [0.25, 0.3) is 0 Å². The molecule has 100 valence electrons. The molecule has 0 N–H and O–H groups in total. The van der Waals surface area contributed by atoms with E-state index in [1.165, 1.54) is 0 Å². The lowest BCUT2D eigenvalue weighted by Gasteiger charge is -2.00. The first-order valence-corrected chi connectivity index (χ1v) is 8.36. The van der Waals surface area contributed by atoms with Gasteiger partial charge in [-0.2, -0.15) is 0 Å². The van der Waals surface area contributed by atoms with Gasteiger partial charge in [-0.15, -0.1) is 0 Å². The molecule has 0 aliphatic heterocycles. The van der Waals surface area contributed by atoms with Gasteiger partial charge in [0.1, 0.15) is 12.4 Å². The van der Waals surface area contributed by atoms with Gasteiger partial charge in [0, 0.05) is 10.7 Å². The van der Waals surface area contributed by atoms with E-state index in [0.29, 0.717) is 0 Å². The lowest BCUT2D eigenvalue weighted by atomic mass is 10.6. The molecule has 0 aliphatic rings. The van der Waals surface area contributed by atoms with Crippen LogP contribution in [0.4, 0.5) is 5.69 Å². The third kappa shape index (κ3) is 4.16. The zero-order valence-electron chi connectivity index (χ0n) is 8.55. The largest absolute Gasteiger partial charge is 0.305 e. The van der Waals surface area contributed by atoms with Gasteiger partial charge < -0.3 is 0 Å². The molecule has 0 saturated heterocycles. The van der Waals surface area contributed by atoms with Crippen LogP contribution in [-0.2, 0) is 18.9 Å². The van der Waals surface area contributed by atoms with Crippen LogP contribution in [0.2, 0.25) is 0 Å². The van der Waals surface area contributed by atoms with Crippen molar-refractivity contribution in [2.45, 2.75) is 5.16 Å². The fourth-order valence-corrected chi connectivity index (χ4v) is 3.71. The van der Waals surface area contributed by atoms with Crippen molar-refractivity contribution in [2.75, 3.05) is 11.5 Å². The molecule has 0 unspecified atom stereocenters.